The van der Waals surface area contributed by atoms with Gasteiger partial charge in [-0.1, -0.05) is 26.2 Å². The first-order chi connectivity index (χ1) is 10.8. The van der Waals surface area contributed by atoms with Gasteiger partial charge in [0.1, 0.15) is 5.75 Å². The van der Waals surface area contributed by atoms with Crippen molar-refractivity contribution in [2.24, 2.45) is 10.1 Å². The largest absolute Gasteiger partial charge is 0.494 e. The standard InChI is InChI=1S/C17H26N4O.ClH/c1-3-4-5-6-13-22-16-9-7-15(8-10-16)14(2)20-21-17-18-11-12-19-17;/h7-10H,3-6,11-13H2,1-2H3,(H2,18,19,21);1H. The number of benzene rings is 1. The molecule has 1 aliphatic rings. The number of unbranched alkanes of at least 4 members (excludes halogenated alkanes) is 3. The zero-order chi connectivity index (χ0) is 15.6. The third kappa shape index (κ3) is 6.91. The summed E-state index contributed by atoms with van der Waals surface area (Å²) < 4.78 is 5.74. The van der Waals surface area contributed by atoms with Crippen molar-refractivity contribution in [2.75, 3.05) is 19.7 Å². The summed E-state index contributed by atoms with van der Waals surface area (Å²) in [6, 6.07) is 8.07. The number of nitrogens with one attached hydrogen (secondary N) is 2. The third-order valence-corrected chi connectivity index (χ3v) is 3.54. The number of hydrazone groups is 1. The molecule has 128 valence electrons. The van der Waals surface area contributed by atoms with Gasteiger partial charge in [-0.25, -0.2) is 10.4 Å². The lowest BCUT2D eigenvalue weighted by Crippen LogP contribution is -2.30. The van der Waals surface area contributed by atoms with E-state index < -0.39 is 0 Å². The molecule has 0 fully saturated rings. The van der Waals surface area contributed by atoms with Crippen molar-refractivity contribution in [3.63, 3.8) is 0 Å². The third-order valence-electron chi connectivity index (χ3n) is 3.54. The molecule has 2 N–H and O–H groups in total. The number of guanidine groups is 1. The van der Waals surface area contributed by atoms with Crippen molar-refractivity contribution in [3.8, 4) is 5.75 Å². The maximum atomic E-state index is 5.74. The quantitative estimate of drug-likeness (QED) is 0.434. The molecule has 23 heavy (non-hydrogen) atoms. The van der Waals surface area contributed by atoms with Gasteiger partial charge in [-0.15, -0.1) is 12.4 Å². The summed E-state index contributed by atoms with van der Waals surface area (Å²) in [6.07, 6.45) is 4.90. The minimum Gasteiger partial charge on any atom is -0.494 e. The van der Waals surface area contributed by atoms with Crippen LogP contribution in [0, 0.1) is 0 Å². The maximum absolute atomic E-state index is 5.74. The van der Waals surface area contributed by atoms with E-state index in [-0.39, 0.29) is 12.4 Å². The second-order valence-electron chi connectivity index (χ2n) is 5.40. The molecule has 2 rings (SSSR count). The average molecular weight is 339 g/mol. The van der Waals surface area contributed by atoms with Gasteiger partial charge >= 0.3 is 0 Å². The molecule has 0 amide bonds. The summed E-state index contributed by atoms with van der Waals surface area (Å²) in [7, 11) is 0. The lowest BCUT2D eigenvalue weighted by Gasteiger charge is -2.07. The topological polar surface area (TPSA) is 58.0 Å². The van der Waals surface area contributed by atoms with E-state index in [0.29, 0.717) is 0 Å². The van der Waals surface area contributed by atoms with E-state index >= 15 is 0 Å². The van der Waals surface area contributed by atoms with E-state index in [9.17, 15) is 0 Å². The zero-order valence-electron chi connectivity index (χ0n) is 14.0. The molecule has 1 aliphatic heterocycles. The van der Waals surface area contributed by atoms with Gasteiger partial charge in [-0.2, -0.15) is 5.10 Å². The van der Waals surface area contributed by atoms with Crippen LogP contribution in [0.3, 0.4) is 0 Å². The molecular formula is C17H27ClN4O. The summed E-state index contributed by atoms with van der Waals surface area (Å²) in [4.78, 5) is 4.24. The smallest absolute Gasteiger partial charge is 0.212 e. The molecule has 0 aromatic heterocycles. The number of rotatable bonds is 8. The van der Waals surface area contributed by atoms with Crippen molar-refractivity contribution >= 4 is 24.1 Å². The number of ether oxygens (including phenoxy) is 1. The Morgan fingerprint density at radius 3 is 2.70 bits per heavy atom. The van der Waals surface area contributed by atoms with Gasteiger partial charge in [0.25, 0.3) is 0 Å². The molecule has 0 atom stereocenters. The SMILES string of the molecule is CCCCCCOc1ccc(C(C)=NNC2=NCCN2)cc1.Cl. The Hall–Kier alpha value is -1.75. The van der Waals surface area contributed by atoms with Crippen molar-refractivity contribution < 1.29 is 4.74 Å². The molecular weight excluding hydrogens is 312 g/mol. The van der Waals surface area contributed by atoms with Crippen LogP contribution in [-0.2, 0) is 0 Å². The average Bonchev–Trinajstić information content (AvgIpc) is 3.06. The molecule has 0 saturated carbocycles. The Balaban J connectivity index is 0.00000264. The van der Waals surface area contributed by atoms with E-state index in [1.165, 1.54) is 19.3 Å². The Bertz CT molecular complexity index is 514. The van der Waals surface area contributed by atoms with E-state index in [1.807, 2.05) is 31.2 Å². The summed E-state index contributed by atoms with van der Waals surface area (Å²) in [5.41, 5.74) is 4.94. The van der Waals surface area contributed by atoms with Gasteiger partial charge in [0.2, 0.25) is 5.96 Å². The van der Waals surface area contributed by atoms with Crippen LogP contribution in [-0.4, -0.2) is 31.4 Å². The summed E-state index contributed by atoms with van der Waals surface area (Å²) >= 11 is 0. The highest BCUT2D eigenvalue weighted by molar-refractivity contribution is 5.99. The zero-order valence-corrected chi connectivity index (χ0v) is 14.8. The van der Waals surface area contributed by atoms with Crippen LogP contribution in [0.5, 0.6) is 5.75 Å². The molecule has 0 saturated heterocycles. The van der Waals surface area contributed by atoms with Crippen molar-refractivity contribution in [1.29, 1.82) is 0 Å². The van der Waals surface area contributed by atoms with Crippen LogP contribution in [0.2, 0.25) is 0 Å². The van der Waals surface area contributed by atoms with E-state index in [4.69, 9.17) is 4.74 Å². The van der Waals surface area contributed by atoms with Crippen LogP contribution < -0.4 is 15.5 Å². The highest BCUT2D eigenvalue weighted by Crippen LogP contribution is 2.13. The predicted octanol–water partition coefficient (Wildman–Crippen LogP) is 3.34. The van der Waals surface area contributed by atoms with Crippen molar-refractivity contribution in [1.82, 2.24) is 10.7 Å². The van der Waals surface area contributed by atoms with Crippen LogP contribution in [0.4, 0.5) is 0 Å². The van der Waals surface area contributed by atoms with Gasteiger partial charge in [0.15, 0.2) is 0 Å². The molecule has 1 aromatic rings. The summed E-state index contributed by atoms with van der Waals surface area (Å²) in [6.45, 7) is 6.67. The van der Waals surface area contributed by atoms with E-state index in [2.05, 4.69) is 27.8 Å². The lowest BCUT2D eigenvalue weighted by molar-refractivity contribution is 0.305. The van der Waals surface area contributed by atoms with Crippen LogP contribution >= 0.6 is 12.4 Å². The van der Waals surface area contributed by atoms with Gasteiger partial charge < -0.3 is 10.1 Å². The van der Waals surface area contributed by atoms with E-state index in [1.54, 1.807) is 0 Å². The fourth-order valence-electron chi connectivity index (χ4n) is 2.19. The normalized spacial score (nSPS) is 13.8. The summed E-state index contributed by atoms with van der Waals surface area (Å²) in [5.74, 6) is 1.66. The van der Waals surface area contributed by atoms with Crippen molar-refractivity contribution in [2.45, 2.75) is 39.5 Å². The Labute approximate surface area is 145 Å². The van der Waals surface area contributed by atoms with Gasteiger partial charge in [0, 0.05) is 6.54 Å². The monoisotopic (exact) mass is 338 g/mol. The summed E-state index contributed by atoms with van der Waals surface area (Å²) in [5, 5.41) is 7.46. The minimum atomic E-state index is 0. The Morgan fingerprint density at radius 2 is 2.04 bits per heavy atom. The highest BCUT2D eigenvalue weighted by atomic mass is 35.5. The molecule has 0 unspecified atom stereocenters. The first-order valence-corrected chi connectivity index (χ1v) is 8.11. The van der Waals surface area contributed by atoms with E-state index in [0.717, 1.165) is 49.1 Å². The van der Waals surface area contributed by atoms with Crippen molar-refractivity contribution in [3.05, 3.63) is 29.8 Å². The molecule has 0 radical (unpaired) electrons. The number of aliphatic imine (C=N–C) groups is 1. The number of hydrogen-bond donors (Lipinski definition) is 2. The fraction of sp³-hybridized carbons (Fsp3) is 0.529. The molecule has 5 nitrogen and oxygen atoms in total. The maximum Gasteiger partial charge on any atom is 0.212 e. The predicted molar refractivity (Wildman–Crippen MR) is 99.0 cm³/mol. The fourth-order valence-corrected chi connectivity index (χ4v) is 2.19. The van der Waals surface area contributed by atoms with Gasteiger partial charge in [-0.3, -0.25) is 0 Å². The number of halogens is 1. The Kier molecular flexibility index (Phi) is 9.14. The number of nitrogens with zero attached hydrogens (tertiary/aromatic N) is 2. The van der Waals surface area contributed by atoms with Gasteiger partial charge in [0.05, 0.1) is 18.9 Å². The number of hydrogen-bond acceptors (Lipinski definition) is 5. The first-order valence-electron chi connectivity index (χ1n) is 8.11. The van der Waals surface area contributed by atoms with Crippen LogP contribution in [0.15, 0.2) is 34.4 Å². The molecule has 1 aromatic carbocycles. The molecule has 0 bridgehead atoms. The van der Waals surface area contributed by atoms with Crippen LogP contribution in [0.25, 0.3) is 0 Å². The molecule has 0 spiro atoms. The molecule has 0 aliphatic carbocycles. The second-order valence-corrected chi connectivity index (χ2v) is 5.40. The molecule has 1 heterocycles. The molecule has 6 heteroatoms. The highest BCUT2D eigenvalue weighted by Gasteiger charge is 2.03. The lowest BCUT2D eigenvalue weighted by atomic mass is 10.1. The first kappa shape index (κ1) is 19.3. The second kappa shape index (κ2) is 10.9. The Morgan fingerprint density at radius 1 is 1.26 bits per heavy atom. The van der Waals surface area contributed by atoms with Crippen LogP contribution in [0.1, 0.15) is 45.1 Å². The minimum absolute atomic E-state index is 0. The van der Waals surface area contributed by atoms with Gasteiger partial charge in [-0.05, 0) is 43.2 Å².